The highest BCUT2D eigenvalue weighted by Crippen LogP contribution is 2.31. The van der Waals surface area contributed by atoms with Crippen LogP contribution in [-0.4, -0.2) is 0 Å². The molecule has 0 nitrogen and oxygen atoms in total. The van der Waals surface area contributed by atoms with Crippen LogP contribution in [0.15, 0.2) is 26.8 Å². The third kappa shape index (κ3) is 2.91. The molecule has 12 heavy (non-hydrogen) atoms. The first kappa shape index (κ1) is 10.8. The molecule has 1 aromatic rings. The molecular weight excluding hydrogens is 374 g/mol. The average molecular weight is 378 g/mol. The van der Waals surface area contributed by atoms with Gasteiger partial charge in [0.15, 0.2) is 0 Å². The lowest BCUT2D eigenvalue weighted by Crippen LogP contribution is -1.75. The van der Waals surface area contributed by atoms with Gasteiger partial charge in [-0.3, -0.25) is 0 Å². The van der Waals surface area contributed by atoms with Gasteiger partial charge in [-0.05, 0) is 56.2 Å². The van der Waals surface area contributed by atoms with E-state index in [-0.39, 0.29) is 0 Å². The van der Waals surface area contributed by atoms with Crippen LogP contribution in [0.5, 0.6) is 0 Å². The van der Waals surface area contributed by atoms with Gasteiger partial charge < -0.3 is 0 Å². The fraction of sp³-hybridized carbons (Fsp3) is 0. The van der Waals surface area contributed by atoms with Gasteiger partial charge in [-0.15, -0.1) is 0 Å². The van der Waals surface area contributed by atoms with Crippen LogP contribution in [0.1, 0.15) is 5.56 Å². The predicted octanol–water partition coefficient (Wildman–Crippen LogP) is 5.03. The van der Waals surface area contributed by atoms with Gasteiger partial charge in [0.2, 0.25) is 0 Å². The third-order valence-corrected chi connectivity index (χ3v) is 3.41. The van der Waals surface area contributed by atoms with Crippen molar-refractivity contribution in [3.05, 3.63) is 37.3 Å². The van der Waals surface area contributed by atoms with E-state index in [1.807, 2.05) is 24.3 Å². The van der Waals surface area contributed by atoms with Crippen molar-refractivity contribution >= 4 is 66.8 Å². The zero-order valence-corrected chi connectivity index (χ0v) is 11.1. The van der Waals surface area contributed by atoms with Crippen molar-refractivity contribution in [3.8, 4) is 0 Å². The van der Waals surface area contributed by atoms with E-state index in [1.165, 1.54) is 0 Å². The minimum absolute atomic E-state index is 0.701. The summed E-state index contributed by atoms with van der Waals surface area (Å²) in [7, 11) is 0. The van der Waals surface area contributed by atoms with Crippen molar-refractivity contribution in [2.75, 3.05) is 0 Å². The summed E-state index contributed by atoms with van der Waals surface area (Å²) in [6.07, 6.45) is 0. The monoisotopic (exact) mass is 376 g/mol. The first-order valence-electron chi connectivity index (χ1n) is 3.08. The third-order valence-electron chi connectivity index (χ3n) is 1.26. The van der Waals surface area contributed by atoms with Crippen molar-refractivity contribution in [1.82, 2.24) is 0 Å². The van der Waals surface area contributed by atoms with Crippen molar-refractivity contribution in [1.29, 1.82) is 0 Å². The van der Waals surface area contributed by atoms with Crippen molar-refractivity contribution in [2.45, 2.75) is 0 Å². The van der Waals surface area contributed by atoms with Crippen molar-refractivity contribution in [3.63, 3.8) is 0 Å². The molecular formula is C8H4BrCl2I. The second-order valence-corrected chi connectivity index (χ2v) is 6.25. The van der Waals surface area contributed by atoms with Crippen LogP contribution in [-0.2, 0) is 0 Å². The summed E-state index contributed by atoms with van der Waals surface area (Å²) in [6.45, 7) is 0. The average Bonchev–Trinajstić information content (AvgIpc) is 2.04. The molecule has 0 saturated carbocycles. The molecule has 0 heterocycles. The summed E-state index contributed by atoms with van der Waals surface area (Å²) in [6, 6.07) is 7.38. The fourth-order valence-corrected chi connectivity index (χ4v) is 1.50. The van der Waals surface area contributed by atoms with Crippen LogP contribution < -0.4 is 0 Å². The largest absolute Gasteiger partial charge is 0.0843 e. The van der Waals surface area contributed by atoms with E-state index < -0.39 is 0 Å². The van der Waals surface area contributed by atoms with Gasteiger partial charge in [0.1, 0.15) is 0 Å². The lowest BCUT2D eigenvalue weighted by Gasteiger charge is -1.98. The fourth-order valence-electron chi connectivity index (χ4n) is 0.705. The summed E-state index contributed by atoms with van der Waals surface area (Å²) in [4.78, 5) is 0. The maximum atomic E-state index is 5.98. The SMILES string of the molecule is ClC(=C(Br)I)c1ccc(Cl)cc1. The Bertz CT molecular complexity index is 301. The summed E-state index contributed by atoms with van der Waals surface area (Å²) < 4.78 is 0.893. The van der Waals surface area contributed by atoms with Crippen LogP contribution in [0.4, 0.5) is 0 Å². The van der Waals surface area contributed by atoms with Crippen molar-refractivity contribution < 1.29 is 0 Å². The molecule has 0 atom stereocenters. The van der Waals surface area contributed by atoms with Crippen LogP contribution in [0.25, 0.3) is 5.03 Å². The molecule has 0 spiro atoms. The van der Waals surface area contributed by atoms with Crippen molar-refractivity contribution in [2.24, 2.45) is 0 Å². The maximum absolute atomic E-state index is 5.98. The minimum Gasteiger partial charge on any atom is -0.0843 e. The van der Waals surface area contributed by atoms with Crippen LogP contribution in [0, 0.1) is 0 Å². The van der Waals surface area contributed by atoms with Crippen LogP contribution >= 0.6 is 61.7 Å². The Labute approximate surface area is 103 Å². The molecule has 0 saturated heterocycles. The molecule has 0 aliphatic carbocycles. The molecule has 0 amide bonds. The van der Waals surface area contributed by atoms with Gasteiger partial charge in [-0.2, -0.15) is 0 Å². The van der Waals surface area contributed by atoms with E-state index in [2.05, 4.69) is 38.5 Å². The standard InChI is InChI=1S/C8H4BrCl2I/c9-8(12)7(11)5-1-3-6(10)4-2-5/h1-4H. The van der Waals surface area contributed by atoms with Crippen LogP contribution in [0.3, 0.4) is 0 Å². The Morgan fingerprint density at radius 2 is 1.75 bits per heavy atom. The van der Waals surface area contributed by atoms with E-state index >= 15 is 0 Å². The normalized spacial score (nSPS) is 12.7. The number of hydrogen-bond donors (Lipinski definition) is 0. The quantitative estimate of drug-likeness (QED) is 0.602. The Morgan fingerprint density at radius 3 is 2.17 bits per heavy atom. The first-order valence-corrected chi connectivity index (χ1v) is 5.70. The highest BCUT2D eigenvalue weighted by Gasteiger charge is 2.00. The topological polar surface area (TPSA) is 0 Å². The minimum atomic E-state index is 0.701. The lowest BCUT2D eigenvalue weighted by molar-refractivity contribution is 1.65. The summed E-state index contributed by atoms with van der Waals surface area (Å²) >= 11 is 17.1. The van der Waals surface area contributed by atoms with Gasteiger partial charge in [-0.1, -0.05) is 35.3 Å². The highest BCUT2D eigenvalue weighted by molar-refractivity contribution is 14.1. The first-order chi connectivity index (χ1) is 5.61. The summed E-state index contributed by atoms with van der Waals surface area (Å²) in [5.41, 5.74) is 0.961. The summed E-state index contributed by atoms with van der Waals surface area (Å²) in [5.74, 6) is 0. The molecule has 0 N–H and O–H groups in total. The molecule has 0 radical (unpaired) electrons. The molecule has 0 bridgehead atoms. The number of halogens is 4. The zero-order chi connectivity index (χ0) is 9.14. The van der Waals surface area contributed by atoms with Gasteiger partial charge in [0.25, 0.3) is 0 Å². The second-order valence-electron chi connectivity index (χ2n) is 2.08. The Hall–Kier alpha value is 0.750. The Morgan fingerprint density at radius 1 is 1.25 bits per heavy atom. The van der Waals surface area contributed by atoms with Gasteiger partial charge in [0.05, 0.1) is 7.52 Å². The highest BCUT2D eigenvalue weighted by atomic mass is 127. The number of benzene rings is 1. The molecule has 1 aromatic carbocycles. The number of rotatable bonds is 1. The lowest BCUT2D eigenvalue weighted by atomic mass is 10.2. The molecule has 0 fully saturated rings. The van der Waals surface area contributed by atoms with Gasteiger partial charge in [0, 0.05) is 5.02 Å². The van der Waals surface area contributed by atoms with E-state index in [4.69, 9.17) is 23.2 Å². The van der Waals surface area contributed by atoms with Crippen LogP contribution in [0.2, 0.25) is 5.02 Å². The van der Waals surface area contributed by atoms with E-state index in [0.717, 1.165) is 8.05 Å². The molecule has 0 aliphatic rings. The molecule has 4 heteroatoms. The molecule has 64 valence electrons. The predicted molar refractivity (Wildman–Crippen MR) is 67.2 cm³/mol. The van der Waals surface area contributed by atoms with Gasteiger partial charge in [-0.25, -0.2) is 0 Å². The molecule has 0 aromatic heterocycles. The Kier molecular flexibility index (Phi) is 4.37. The Balaban J connectivity index is 3.06. The second kappa shape index (κ2) is 4.84. The summed E-state index contributed by atoms with van der Waals surface area (Å²) in [5, 5.41) is 1.42. The molecule has 0 aliphatic heterocycles. The van der Waals surface area contributed by atoms with E-state index in [0.29, 0.717) is 10.1 Å². The zero-order valence-electron chi connectivity index (χ0n) is 5.82. The molecule has 1 rings (SSSR count). The smallest absolute Gasteiger partial charge is 0.0751 e. The number of hydrogen-bond acceptors (Lipinski definition) is 0. The van der Waals surface area contributed by atoms with E-state index in [9.17, 15) is 0 Å². The maximum Gasteiger partial charge on any atom is 0.0751 e. The van der Waals surface area contributed by atoms with Gasteiger partial charge >= 0.3 is 0 Å². The molecule has 0 unspecified atom stereocenters. The van der Waals surface area contributed by atoms with E-state index in [1.54, 1.807) is 0 Å².